The molecule has 1 aliphatic rings. The van der Waals surface area contributed by atoms with E-state index in [1.54, 1.807) is 36.7 Å². The number of benzene rings is 1. The third kappa shape index (κ3) is 2.54. The largest absolute Gasteiger partial charge is 0.493 e. The van der Waals surface area contributed by atoms with Gasteiger partial charge < -0.3 is 9.47 Å². The molecule has 1 aliphatic heterocycles. The van der Waals surface area contributed by atoms with Gasteiger partial charge in [-0.2, -0.15) is 0 Å². The van der Waals surface area contributed by atoms with Gasteiger partial charge in [0.25, 0.3) is 0 Å². The molecule has 0 bridgehead atoms. The lowest BCUT2D eigenvalue weighted by Crippen LogP contribution is -2.00. The standard InChI is InChI=1S/C16H13NO3/c18-11-12-5-7-13(8-6-12)20-16-14(3-1-9-17-16)15-4-2-10-19-15/h1-3,5-11,15H,4H2. The van der Waals surface area contributed by atoms with Gasteiger partial charge >= 0.3 is 0 Å². The Hall–Kier alpha value is -2.62. The van der Waals surface area contributed by atoms with Gasteiger partial charge in [-0.05, 0) is 42.5 Å². The molecule has 100 valence electrons. The molecular formula is C16H13NO3. The zero-order valence-corrected chi connectivity index (χ0v) is 10.7. The van der Waals surface area contributed by atoms with E-state index in [0.717, 1.165) is 18.3 Å². The van der Waals surface area contributed by atoms with E-state index in [9.17, 15) is 4.79 Å². The first-order valence-electron chi connectivity index (χ1n) is 6.35. The second-order valence-electron chi connectivity index (χ2n) is 4.42. The minimum atomic E-state index is -0.0482. The van der Waals surface area contributed by atoms with E-state index in [4.69, 9.17) is 9.47 Å². The SMILES string of the molecule is O=Cc1ccc(Oc2ncccc2C2CC=CO2)cc1. The molecule has 0 saturated heterocycles. The molecule has 0 radical (unpaired) electrons. The van der Waals surface area contributed by atoms with Gasteiger partial charge in [0, 0.05) is 18.2 Å². The number of ether oxygens (including phenoxy) is 2. The predicted molar refractivity (Wildman–Crippen MR) is 73.7 cm³/mol. The molecule has 2 heterocycles. The van der Waals surface area contributed by atoms with Gasteiger partial charge in [0.1, 0.15) is 18.1 Å². The molecule has 4 heteroatoms. The second-order valence-corrected chi connectivity index (χ2v) is 4.42. The highest BCUT2D eigenvalue weighted by Crippen LogP contribution is 2.34. The fourth-order valence-electron chi connectivity index (χ4n) is 2.05. The zero-order valence-electron chi connectivity index (χ0n) is 10.7. The van der Waals surface area contributed by atoms with E-state index in [0.29, 0.717) is 17.2 Å². The van der Waals surface area contributed by atoms with Crippen molar-refractivity contribution in [3.8, 4) is 11.6 Å². The number of nitrogens with zero attached hydrogens (tertiary/aromatic N) is 1. The molecule has 4 nitrogen and oxygen atoms in total. The first-order valence-corrected chi connectivity index (χ1v) is 6.35. The monoisotopic (exact) mass is 267 g/mol. The summed E-state index contributed by atoms with van der Waals surface area (Å²) in [5.74, 6) is 1.17. The third-order valence-corrected chi connectivity index (χ3v) is 3.07. The Morgan fingerprint density at radius 3 is 2.80 bits per heavy atom. The summed E-state index contributed by atoms with van der Waals surface area (Å²) in [6.07, 6.45) is 6.91. The van der Waals surface area contributed by atoms with Gasteiger partial charge in [-0.25, -0.2) is 4.98 Å². The van der Waals surface area contributed by atoms with Crippen LogP contribution in [0.5, 0.6) is 11.6 Å². The highest BCUT2D eigenvalue weighted by molar-refractivity contribution is 5.74. The maximum atomic E-state index is 10.6. The van der Waals surface area contributed by atoms with Crippen molar-refractivity contribution in [2.24, 2.45) is 0 Å². The van der Waals surface area contributed by atoms with E-state index in [2.05, 4.69) is 4.98 Å². The van der Waals surface area contributed by atoms with Crippen LogP contribution in [0.3, 0.4) is 0 Å². The molecular weight excluding hydrogens is 254 g/mol. The summed E-state index contributed by atoms with van der Waals surface area (Å²) in [5.41, 5.74) is 1.53. The van der Waals surface area contributed by atoms with Crippen LogP contribution in [-0.2, 0) is 4.74 Å². The maximum absolute atomic E-state index is 10.6. The van der Waals surface area contributed by atoms with Crippen LogP contribution in [0.1, 0.15) is 28.4 Å². The number of carbonyl (C=O) groups excluding carboxylic acids is 1. The molecule has 1 atom stereocenters. The average molecular weight is 267 g/mol. The summed E-state index contributed by atoms with van der Waals surface area (Å²) in [7, 11) is 0. The van der Waals surface area contributed by atoms with Crippen molar-refractivity contribution in [2.45, 2.75) is 12.5 Å². The van der Waals surface area contributed by atoms with Crippen LogP contribution in [0.2, 0.25) is 0 Å². The lowest BCUT2D eigenvalue weighted by molar-refractivity contribution is 0.112. The van der Waals surface area contributed by atoms with Crippen molar-refractivity contribution in [3.63, 3.8) is 0 Å². The van der Waals surface area contributed by atoms with Gasteiger partial charge in [0.05, 0.1) is 11.8 Å². The van der Waals surface area contributed by atoms with E-state index in [1.807, 2.05) is 18.2 Å². The highest BCUT2D eigenvalue weighted by Gasteiger charge is 2.19. The molecule has 0 saturated carbocycles. The van der Waals surface area contributed by atoms with Crippen molar-refractivity contribution in [3.05, 3.63) is 66.1 Å². The summed E-state index contributed by atoms with van der Waals surface area (Å²) in [4.78, 5) is 14.9. The van der Waals surface area contributed by atoms with Crippen LogP contribution < -0.4 is 4.74 Å². The molecule has 1 unspecified atom stereocenters. The van der Waals surface area contributed by atoms with Crippen LogP contribution in [0, 0.1) is 0 Å². The molecule has 3 rings (SSSR count). The molecule has 20 heavy (non-hydrogen) atoms. The van der Waals surface area contributed by atoms with Crippen molar-refractivity contribution in [1.29, 1.82) is 0 Å². The number of pyridine rings is 1. The van der Waals surface area contributed by atoms with Crippen molar-refractivity contribution in [2.75, 3.05) is 0 Å². The van der Waals surface area contributed by atoms with E-state index in [1.165, 1.54) is 0 Å². The quantitative estimate of drug-likeness (QED) is 0.793. The summed E-state index contributed by atoms with van der Waals surface area (Å²) >= 11 is 0. The Morgan fingerprint density at radius 1 is 1.25 bits per heavy atom. The Bertz CT molecular complexity index is 626. The number of aldehydes is 1. The van der Waals surface area contributed by atoms with E-state index in [-0.39, 0.29) is 6.10 Å². The third-order valence-electron chi connectivity index (χ3n) is 3.07. The fourth-order valence-corrected chi connectivity index (χ4v) is 2.05. The summed E-state index contributed by atoms with van der Waals surface area (Å²) in [5, 5.41) is 0. The smallest absolute Gasteiger partial charge is 0.226 e. The van der Waals surface area contributed by atoms with Crippen LogP contribution in [0.15, 0.2) is 54.9 Å². The summed E-state index contributed by atoms with van der Waals surface area (Å²) in [6, 6.07) is 10.7. The Labute approximate surface area is 116 Å². The number of rotatable bonds is 4. The van der Waals surface area contributed by atoms with Crippen LogP contribution in [-0.4, -0.2) is 11.3 Å². The van der Waals surface area contributed by atoms with Crippen LogP contribution >= 0.6 is 0 Å². The molecule has 0 fully saturated rings. The lowest BCUT2D eigenvalue weighted by Gasteiger charge is -2.14. The van der Waals surface area contributed by atoms with Crippen molar-refractivity contribution < 1.29 is 14.3 Å². The highest BCUT2D eigenvalue weighted by atomic mass is 16.5. The first kappa shape index (κ1) is 12.4. The Morgan fingerprint density at radius 2 is 2.10 bits per heavy atom. The minimum Gasteiger partial charge on any atom is -0.493 e. The molecule has 2 aromatic rings. The number of hydrogen-bond donors (Lipinski definition) is 0. The van der Waals surface area contributed by atoms with Gasteiger partial charge in [-0.3, -0.25) is 4.79 Å². The van der Waals surface area contributed by atoms with Crippen molar-refractivity contribution >= 4 is 6.29 Å². The molecule has 1 aromatic heterocycles. The normalized spacial score (nSPS) is 16.7. The maximum Gasteiger partial charge on any atom is 0.226 e. The Kier molecular flexibility index (Phi) is 3.46. The summed E-state index contributed by atoms with van der Waals surface area (Å²) in [6.45, 7) is 0. The minimum absolute atomic E-state index is 0.0482. The van der Waals surface area contributed by atoms with Gasteiger partial charge in [-0.1, -0.05) is 0 Å². The molecule has 1 aromatic carbocycles. The summed E-state index contributed by atoms with van der Waals surface area (Å²) < 4.78 is 11.3. The molecule has 0 amide bonds. The number of carbonyl (C=O) groups is 1. The van der Waals surface area contributed by atoms with Gasteiger partial charge in [-0.15, -0.1) is 0 Å². The number of aromatic nitrogens is 1. The average Bonchev–Trinajstić information content (AvgIpc) is 3.03. The zero-order chi connectivity index (χ0) is 13.8. The topological polar surface area (TPSA) is 48.4 Å². The molecule has 0 N–H and O–H groups in total. The van der Waals surface area contributed by atoms with E-state index < -0.39 is 0 Å². The Balaban J connectivity index is 1.84. The van der Waals surface area contributed by atoms with Gasteiger partial charge in [0.2, 0.25) is 5.88 Å². The predicted octanol–water partition coefficient (Wildman–Crippen LogP) is 3.66. The molecule has 0 aliphatic carbocycles. The lowest BCUT2D eigenvalue weighted by atomic mass is 10.1. The second kappa shape index (κ2) is 5.57. The van der Waals surface area contributed by atoms with Gasteiger partial charge in [0.15, 0.2) is 0 Å². The molecule has 0 spiro atoms. The van der Waals surface area contributed by atoms with Crippen molar-refractivity contribution in [1.82, 2.24) is 4.98 Å². The first-order chi connectivity index (χ1) is 9.86. The fraction of sp³-hybridized carbons (Fsp3) is 0.125. The van der Waals surface area contributed by atoms with E-state index >= 15 is 0 Å². The van der Waals surface area contributed by atoms with Crippen LogP contribution in [0.4, 0.5) is 0 Å². The van der Waals surface area contributed by atoms with Crippen LogP contribution in [0.25, 0.3) is 0 Å². The number of hydrogen-bond acceptors (Lipinski definition) is 4.